The third kappa shape index (κ3) is 4.66. The van der Waals surface area contributed by atoms with Crippen molar-refractivity contribution in [3.63, 3.8) is 0 Å². The second-order valence-corrected chi connectivity index (χ2v) is 7.72. The molecular formula is C18H22N2O4S. The minimum Gasteiger partial charge on any atom is -0.289 e. The van der Waals surface area contributed by atoms with Crippen LogP contribution in [0.2, 0.25) is 0 Å². The molecule has 0 fully saturated rings. The van der Waals surface area contributed by atoms with E-state index in [-0.39, 0.29) is 11.3 Å². The lowest BCUT2D eigenvalue weighted by Gasteiger charge is -2.19. The van der Waals surface area contributed by atoms with Crippen LogP contribution >= 0.6 is 0 Å². The van der Waals surface area contributed by atoms with E-state index in [9.17, 15) is 13.2 Å². The van der Waals surface area contributed by atoms with Crippen LogP contribution in [0.5, 0.6) is 0 Å². The first-order chi connectivity index (χ1) is 11.7. The predicted molar refractivity (Wildman–Crippen MR) is 94.8 cm³/mol. The second kappa shape index (κ2) is 7.77. The molecule has 0 bridgehead atoms. The Labute approximate surface area is 147 Å². The van der Waals surface area contributed by atoms with Gasteiger partial charge >= 0.3 is 0 Å². The number of sulfonamides is 1. The van der Waals surface area contributed by atoms with Gasteiger partial charge in [0, 0.05) is 0 Å². The van der Waals surface area contributed by atoms with Crippen molar-refractivity contribution < 1.29 is 18.4 Å². The highest BCUT2D eigenvalue weighted by atomic mass is 32.2. The zero-order chi connectivity index (χ0) is 18.6. The van der Waals surface area contributed by atoms with Gasteiger partial charge in [0.05, 0.1) is 4.90 Å². The van der Waals surface area contributed by atoms with Gasteiger partial charge in [-0.2, -0.15) is 4.72 Å². The molecule has 0 aliphatic rings. The normalized spacial score (nSPS) is 12.6. The molecule has 0 radical (unpaired) electrons. The van der Waals surface area contributed by atoms with E-state index in [1.807, 2.05) is 13.0 Å². The maximum atomic E-state index is 12.8. The average molecular weight is 362 g/mol. The molecule has 0 aliphatic heterocycles. The summed E-state index contributed by atoms with van der Waals surface area (Å²) >= 11 is 0. The first kappa shape index (κ1) is 19.1. The van der Waals surface area contributed by atoms with Gasteiger partial charge in [0.25, 0.3) is 5.91 Å². The lowest BCUT2D eigenvalue weighted by Crippen LogP contribution is -2.47. The third-order valence-corrected chi connectivity index (χ3v) is 5.66. The van der Waals surface area contributed by atoms with E-state index in [2.05, 4.69) is 4.72 Å². The molecule has 2 aromatic carbocycles. The molecule has 0 saturated heterocycles. The quantitative estimate of drug-likeness (QED) is 0.541. The van der Waals surface area contributed by atoms with Gasteiger partial charge in [0.2, 0.25) is 10.0 Å². The van der Waals surface area contributed by atoms with Crippen LogP contribution in [0.4, 0.5) is 0 Å². The van der Waals surface area contributed by atoms with Gasteiger partial charge in [-0.05, 0) is 43.9 Å². The van der Waals surface area contributed by atoms with Gasteiger partial charge in [0.15, 0.2) is 0 Å². The fourth-order valence-electron chi connectivity index (χ4n) is 2.95. The Bertz CT molecular complexity index is 841. The van der Waals surface area contributed by atoms with Gasteiger partial charge in [-0.15, -0.1) is 0 Å². The SMILES string of the molecule is Cc1cc(C)c(S(=O)(=O)NC(Cc2ccccc2)C(=O)NO)c(C)c1. The Morgan fingerprint density at radius 1 is 1.08 bits per heavy atom. The zero-order valence-electron chi connectivity index (χ0n) is 14.4. The predicted octanol–water partition coefficient (Wildman–Crippen LogP) is 2.01. The molecule has 0 aliphatic carbocycles. The first-order valence-electron chi connectivity index (χ1n) is 7.82. The number of rotatable bonds is 6. The highest BCUT2D eigenvalue weighted by Gasteiger charge is 2.28. The summed E-state index contributed by atoms with van der Waals surface area (Å²) in [5, 5.41) is 8.96. The van der Waals surface area contributed by atoms with Gasteiger partial charge < -0.3 is 0 Å². The topological polar surface area (TPSA) is 95.5 Å². The maximum absolute atomic E-state index is 12.8. The number of amides is 1. The second-order valence-electron chi connectivity index (χ2n) is 6.07. The van der Waals surface area contributed by atoms with Crippen LogP contribution < -0.4 is 10.2 Å². The van der Waals surface area contributed by atoms with E-state index in [4.69, 9.17) is 5.21 Å². The molecule has 1 atom stereocenters. The largest absolute Gasteiger partial charge is 0.289 e. The van der Waals surface area contributed by atoms with Crippen LogP contribution in [0.25, 0.3) is 0 Å². The van der Waals surface area contributed by atoms with Crippen molar-refractivity contribution in [3.8, 4) is 0 Å². The molecule has 7 heteroatoms. The molecule has 6 nitrogen and oxygen atoms in total. The molecule has 2 aromatic rings. The van der Waals surface area contributed by atoms with Crippen molar-refractivity contribution >= 4 is 15.9 Å². The van der Waals surface area contributed by atoms with Crippen LogP contribution in [0.15, 0.2) is 47.4 Å². The van der Waals surface area contributed by atoms with Crippen LogP contribution in [-0.4, -0.2) is 25.6 Å². The monoisotopic (exact) mass is 362 g/mol. The summed E-state index contributed by atoms with van der Waals surface area (Å²) in [6, 6.07) is 11.4. The van der Waals surface area contributed by atoms with E-state index in [1.165, 1.54) is 5.48 Å². The summed E-state index contributed by atoms with van der Waals surface area (Å²) in [5.74, 6) is -0.810. The van der Waals surface area contributed by atoms with Crippen LogP contribution in [0, 0.1) is 20.8 Å². The Kier molecular flexibility index (Phi) is 5.94. The maximum Gasteiger partial charge on any atom is 0.261 e. The number of hydrogen-bond acceptors (Lipinski definition) is 4. The average Bonchev–Trinajstić information content (AvgIpc) is 2.52. The number of carbonyl (C=O) groups excluding carboxylic acids is 1. The molecule has 0 aromatic heterocycles. The van der Waals surface area contributed by atoms with Gasteiger partial charge in [-0.1, -0.05) is 48.0 Å². The Morgan fingerprint density at radius 3 is 2.16 bits per heavy atom. The van der Waals surface area contributed by atoms with Crippen LogP contribution in [0.1, 0.15) is 22.3 Å². The highest BCUT2D eigenvalue weighted by molar-refractivity contribution is 7.89. The van der Waals surface area contributed by atoms with E-state index in [0.717, 1.165) is 11.1 Å². The molecule has 0 heterocycles. The summed E-state index contributed by atoms with van der Waals surface area (Å²) in [7, 11) is -3.93. The molecule has 25 heavy (non-hydrogen) atoms. The standard InChI is InChI=1S/C18H22N2O4S/c1-12-9-13(2)17(14(3)10-12)25(23,24)20-16(18(21)19-22)11-15-7-5-4-6-8-15/h4-10,16,20,22H,11H2,1-3H3,(H,19,21). The van der Waals surface area contributed by atoms with E-state index in [0.29, 0.717) is 11.1 Å². The molecule has 3 N–H and O–H groups in total. The number of carbonyl (C=O) groups is 1. The van der Waals surface area contributed by atoms with Gasteiger partial charge in [0.1, 0.15) is 6.04 Å². The number of nitrogens with one attached hydrogen (secondary N) is 2. The van der Waals surface area contributed by atoms with Gasteiger partial charge in [-0.25, -0.2) is 13.9 Å². The fourth-order valence-corrected chi connectivity index (χ4v) is 4.60. The minimum atomic E-state index is -3.93. The van der Waals surface area contributed by atoms with Crippen molar-refractivity contribution in [1.82, 2.24) is 10.2 Å². The van der Waals surface area contributed by atoms with E-state index >= 15 is 0 Å². The summed E-state index contributed by atoms with van der Waals surface area (Å²) in [6.45, 7) is 5.32. The number of aryl methyl sites for hydroxylation is 3. The molecule has 1 unspecified atom stereocenters. The molecule has 2 rings (SSSR count). The lowest BCUT2D eigenvalue weighted by molar-refractivity contribution is -0.130. The highest BCUT2D eigenvalue weighted by Crippen LogP contribution is 2.22. The van der Waals surface area contributed by atoms with Crippen molar-refractivity contribution in [2.75, 3.05) is 0 Å². The lowest BCUT2D eigenvalue weighted by atomic mass is 10.1. The Morgan fingerprint density at radius 2 is 1.64 bits per heavy atom. The van der Waals surface area contributed by atoms with Crippen LogP contribution in [-0.2, 0) is 21.2 Å². The molecule has 0 saturated carbocycles. The van der Waals surface area contributed by atoms with Gasteiger partial charge in [-0.3, -0.25) is 10.0 Å². The van der Waals surface area contributed by atoms with Crippen molar-refractivity contribution in [1.29, 1.82) is 0 Å². The fraction of sp³-hybridized carbons (Fsp3) is 0.278. The summed E-state index contributed by atoms with van der Waals surface area (Å²) in [5.41, 5.74) is 4.48. The molecule has 0 spiro atoms. The molecule has 134 valence electrons. The molecule has 1 amide bonds. The number of hydroxylamine groups is 1. The van der Waals surface area contributed by atoms with Crippen molar-refractivity contribution in [3.05, 3.63) is 64.7 Å². The van der Waals surface area contributed by atoms with Crippen molar-refractivity contribution in [2.24, 2.45) is 0 Å². The van der Waals surface area contributed by atoms with Crippen LogP contribution in [0.3, 0.4) is 0 Å². The number of benzene rings is 2. The van der Waals surface area contributed by atoms with E-state index in [1.54, 1.807) is 50.2 Å². The number of hydrogen-bond donors (Lipinski definition) is 3. The van der Waals surface area contributed by atoms with Crippen molar-refractivity contribution in [2.45, 2.75) is 38.1 Å². The summed E-state index contributed by atoms with van der Waals surface area (Å²) in [4.78, 5) is 12.1. The summed E-state index contributed by atoms with van der Waals surface area (Å²) < 4.78 is 28.1. The first-order valence-corrected chi connectivity index (χ1v) is 9.31. The smallest absolute Gasteiger partial charge is 0.261 e. The minimum absolute atomic E-state index is 0.121. The zero-order valence-corrected chi connectivity index (χ0v) is 15.2. The Balaban J connectivity index is 2.36. The van der Waals surface area contributed by atoms with E-state index < -0.39 is 22.0 Å². The summed E-state index contributed by atoms with van der Waals surface area (Å²) in [6.07, 6.45) is 0.121. The Hall–Kier alpha value is -2.22. The third-order valence-electron chi connectivity index (χ3n) is 3.88. The molecular weight excluding hydrogens is 340 g/mol.